The van der Waals surface area contributed by atoms with Crippen molar-refractivity contribution >= 4 is 29.1 Å². The van der Waals surface area contributed by atoms with E-state index in [-0.39, 0.29) is 22.8 Å². The molecular weight excluding hydrogens is 288 g/mol. The fraction of sp³-hybridized carbons (Fsp3) is 0.800. The van der Waals surface area contributed by atoms with Gasteiger partial charge in [0.1, 0.15) is 0 Å². The molecule has 6 heteroatoms. The lowest BCUT2D eigenvalue weighted by Crippen LogP contribution is -2.50. The number of nitrogens with two attached hydrogens (primary N) is 1. The van der Waals surface area contributed by atoms with Crippen molar-refractivity contribution in [2.24, 2.45) is 17.1 Å². The standard InChI is InChI=1S/C15H26N2O3S/c1-4-7-15(8-5-2,13(16)21)14(19)17-9-6-11(10-17)12(18)20-3/h11H,4-10H2,1-3H3,(H2,16,21). The molecule has 2 N–H and O–H groups in total. The van der Waals surface area contributed by atoms with E-state index >= 15 is 0 Å². The molecule has 0 aromatic heterocycles. The zero-order valence-electron chi connectivity index (χ0n) is 13.2. The van der Waals surface area contributed by atoms with Crippen LogP contribution < -0.4 is 5.73 Å². The summed E-state index contributed by atoms with van der Waals surface area (Å²) < 4.78 is 4.76. The fourth-order valence-corrected chi connectivity index (χ4v) is 3.44. The fourth-order valence-electron chi connectivity index (χ4n) is 3.15. The van der Waals surface area contributed by atoms with E-state index in [4.69, 9.17) is 22.7 Å². The summed E-state index contributed by atoms with van der Waals surface area (Å²) in [6.07, 6.45) is 3.65. The molecule has 1 saturated heterocycles. The summed E-state index contributed by atoms with van der Waals surface area (Å²) >= 11 is 5.21. The lowest BCUT2D eigenvalue weighted by molar-refractivity contribution is -0.145. The van der Waals surface area contributed by atoms with Crippen LogP contribution in [0.2, 0.25) is 0 Å². The van der Waals surface area contributed by atoms with Gasteiger partial charge in [-0.15, -0.1) is 0 Å². The van der Waals surface area contributed by atoms with E-state index in [0.717, 1.165) is 12.8 Å². The summed E-state index contributed by atoms with van der Waals surface area (Å²) in [5.74, 6) is -0.506. The molecule has 0 aliphatic carbocycles. The third kappa shape index (κ3) is 3.73. The largest absolute Gasteiger partial charge is 0.469 e. The lowest BCUT2D eigenvalue weighted by Gasteiger charge is -2.35. The Balaban J connectivity index is 2.91. The van der Waals surface area contributed by atoms with Crippen LogP contribution in [0.3, 0.4) is 0 Å². The normalized spacial score (nSPS) is 18.6. The quantitative estimate of drug-likeness (QED) is 0.574. The van der Waals surface area contributed by atoms with Gasteiger partial charge in [0.2, 0.25) is 5.91 Å². The Morgan fingerprint density at radius 2 is 1.90 bits per heavy atom. The van der Waals surface area contributed by atoms with Crippen LogP contribution >= 0.6 is 12.2 Å². The molecule has 120 valence electrons. The predicted octanol–water partition coefficient (Wildman–Crippen LogP) is 1.88. The second-order valence-corrected chi connectivity index (χ2v) is 6.15. The van der Waals surface area contributed by atoms with E-state index < -0.39 is 5.41 Å². The molecule has 1 aliphatic rings. The SMILES string of the molecule is CCCC(CCC)(C(=O)N1CCC(C(=O)OC)C1)C(N)=S. The molecule has 0 spiro atoms. The third-order valence-corrected chi connectivity index (χ3v) is 4.64. The van der Waals surface area contributed by atoms with Crippen LogP contribution in [0.4, 0.5) is 0 Å². The monoisotopic (exact) mass is 314 g/mol. The first-order valence-electron chi connectivity index (χ1n) is 7.60. The Kier molecular flexibility index (Phi) is 6.58. The van der Waals surface area contributed by atoms with Gasteiger partial charge in [0.05, 0.1) is 23.4 Å². The van der Waals surface area contributed by atoms with Crippen LogP contribution in [0.5, 0.6) is 0 Å². The maximum absolute atomic E-state index is 13.0. The number of thiocarbonyl (C=S) groups is 1. The molecule has 0 radical (unpaired) electrons. The highest BCUT2D eigenvalue weighted by atomic mass is 32.1. The van der Waals surface area contributed by atoms with Crippen molar-refractivity contribution in [2.75, 3.05) is 20.2 Å². The van der Waals surface area contributed by atoms with E-state index in [0.29, 0.717) is 32.4 Å². The minimum absolute atomic E-state index is 0.0231. The van der Waals surface area contributed by atoms with E-state index in [2.05, 4.69) is 0 Å². The summed E-state index contributed by atoms with van der Waals surface area (Å²) in [4.78, 5) is 26.6. The summed E-state index contributed by atoms with van der Waals surface area (Å²) in [7, 11) is 1.38. The molecule has 1 amide bonds. The number of likely N-dealkylation sites (tertiary alicyclic amines) is 1. The van der Waals surface area contributed by atoms with Crippen LogP contribution in [0.15, 0.2) is 0 Å². The van der Waals surface area contributed by atoms with Crippen molar-refractivity contribution < 1.29 is 14.3 Å². The first-order valence-corrected chi connectivity index (χ1v) is 8.00. The van der Waals surface area contributed by atoms with Crippen molar-refractivity contribution in [3.8, 4) is 0 Å². The van der Waals surface area contributed by atoms with Gasteiger partial charge in [0.15, 0.2) is 0 Å². The highest BCUT2D eigenvalue weighted by Crippen LogP contribution is 2.35. The molecule has 0 saturated carbocycles. The van der Waals surface area contributed by atoms with E-state index in [1.807, 2.05) is 13.8 Å². The van der Waals surface area contributed by atoms with Gasteiger partial charge in [-0.25, -0.2) is 0 Å². The molecule has 0 bridgehead atoms. The lowest BCUT2D eigenvalue weighted by atomic mass is 9.77. The number of nitrogens with zero attached hydrogens (tertiary/aromatic N) is 1. The Morgan fingerprint density at radius 3 is 2.33 bits per heavy atom. The average molecular weight is 314 g/mol. The maximum atomic E-state index is 13.0. The second-order valence-electron chi connectivity index (χ2n) is 5.71. The van der Waals surface area contributed by atoms with Crippen LogP contribution in [0.25, 0.3) is 0 Å². The number of amides is 1. The van der Waals surface area contributed by atoms with Crippen LogP contribution in [0, 0.1) is 11.3 Å². The van der Waals surface area contributed by atoms with E-state index in [1.54, 1.807) is 4.90 Å². The smallest absolute Gasteiger partial charge is 0.310 e. The van der Waals surface area contributed by atoms with Crippen LogP contribution in [0.1, 0.15) is 46.0 Å². The molecule has 5 nitrogen and oxygen atoms in total. The number of hydrogen-bond donors (Lipinski definition) is 1. The Bertz CT molecular complexity index is 406. The summed E-state index contributed by atoms with van der Waals surface area (Å²) in [6, 6.07) is 0. The van der Waals surface area contributed by atoms with Crippen molar-refractivity contribution in [2.45, 2.75) is 46.0 Å². The summed E-state index contributed by atoms with van der Waals surface area (Å²) in [5.41, 5.74) is 5.17. The molecule has 1 fully saturated rings. The molecule has 1 rings (SSSR count). The minimum Gasteiger partial charge on any atom is -0.469 e. The highest BCUT2D eigenvalue weighted by molar-refractivity contribution is 7.80. The molecule has 1 atom stereocenters. The first kappa shape index (κ1) is 17.9. The number of carbonyl (C=O) groups is 2. The molecule has 1 heterocycles. The molecule has 1 unspecified atom stereocenters. The molecule has 0 aromatic carbocycles. The maximum Gasteiger partial charge on any atom is 0.310 e. The number of methoxy groups -OCH3 is 1. The number of hydrogen-bond acceptors (Lipinski definition) is 4. The number of ether oxygens (including phenoxy) is 1. The van der Waals surface area contributed by atoms with Gasteiger partial charge >= 0.3 is 5.97 Å². The zero-order chi connectivity index (χ0) is 16.0. The molecular formula is C15H26N2O3S. The molecule has 21 heavy (non-hydrogen) atoms. The number of carbonyl (C=O) groups excluding carboxylic acids is 2. The van der Waals surface area contributed by atoms with Crippen molar-refractivity contribution in [3.05, 3.63) is 0 Å². The van der Waals surface area contributed by atoms with Crippen molar-refractivity contribution in [1.82, 2.24) is 4.90 Å². The van der Waals surface area contributed by atoms with Gasteiger partial charge in [-0.3, -0.25) is 9.59 Å². The Morgan fingerprint density at radius 1 is 1.33 bits per heavy atom. The van der Waals surface area contributed by atoms with Gasteiger partial charge in [-0.1, -0.05) is 38.9 Å². The minimum atomic E-state index is -0.760. The summed E-state index contributed by atoms with van der Waals surface area (Å²) in [5, 5.41) is 0. The number of esters is 1. The molecule has 0 aromatic rings. The van der Waals surface area contributed by atoms with Gasteiger partial charge < -0.3 is 15.4 Å². The first-order chi connectivity index (χ1) is 9.92. The van der Waals surface area contributed by atoms with Gasteiger partial charge in [0, 0.05) is 13.1 Å². The van der Waals surface area contributed by atoms with Crippen LogP contribution in [-0.2, 0) is 14.3 Å². The topological polar surface area (TPSA) is 72.6 Å². The van der Waals surface area contributed by atoms with Gasteiger partial charge in [-0.05, 0) is 19.3 Å². The third-order valence-electron chi connectivity index (χ3n) is 4.24. The second kappa shape index (κ2) is 7.73. The molecule has 1 aliphatic heterocycles. The van der Waals surface area contributed by atoms with Crippen molar-refractivity contribution in [1.29, 1.82) is 0 Å². The van der Waals surface area contributed by atoms with Crippen LogP contribution in [-0.4, -0.2) is 42.0 Å². The summed E-state index contributed by atoms with van der Waals surface area (Å²) in [6.45, 7) is 5.02. The Hall–Kier alpha value is -1.17. The van der Waals surface area contributed by atoms with E-state index in [9.17, 15) is 9.59 Å². The Labute approximate surface area is 132 Å². The zero-order valence-corrected chi connectivity index (χ0v) is 14.0. The average Bonchev–Trinajstić information content (AvgIpc) is 2.94. The van der Waals surface area contributed by atoms with Gasteiger partial charge in [-0.2, -0.15) is 0 Å². The van der Waals surface area contributed by atoms with E-state index in [1.165, 1.54) is 7.11 Å². The highest BCUT2D eigenvalue weighted by Gasteiger charge is 2.45. The van der Waals surface area contributed by atoms with Gasteiger partial charge in [0.25, 0.3) is 0 Å². The predicted molar refractivity (Wildman–Crippen MR) is 85.7 cm³/mol. The van der Waals surface area contributed by atoms with Crippen molar-refractivity contribution in [3.63, 3.8) is 0 Å². The number of rotatable bonds is 7.